The molecule has 1 heterocycles. The van der Waals surface area contributed by atoms with Gasteiger partial charge in [-0.05, 0) is 50.8 Å². The Hall–Kier alpha value is -0.380. The van der Waals surface area contributed by atoms with Crippen LogP contribution in [-0.4, -0.2) is 12.6 Å². The van der Waals surface area contributed by atoms with Gasteiger partial charge in [-0.2, -0.15) is 0 Å². The fraction of sp³-hybridized carbons (Fsp3) is 0.667. The Morgan fingerprint density at radius 1 is 1.47 bits per heavy atom. The second-order valence-corrected chi connectivity index (χ2v) is 5.95. The average Bonchev–Trinajstić information content (AvgIpc) is 2.76. The quantitative estimate of drug-likeness (QED) is 0.823. The smallest absolute Gasteiger partial charge is 0.0299 e. The molecule has 3 heteroatoms. The number of nitrogens with two attached hydrogens (primary N) is 1. The molecule has 0 aromatic carbocycles. The van der Waals surface area contributed by atoms with Gasteiger partial charge in [-0.1, -0.05) is 0 Å². The lowest BCUT2D eigenvalue weighted by atomic mass is 10.1. The summed E-state index contributed by atoms with van der Waals surface area (Å²) in [5.41, 5.74) is 5.89. The number of nitrogens with one attached hydrogen (secondary N) is 1. The minimum absolute atomic E-state index is 0.459. The maximum absolute atomic E-state index is 5.89. The number of hydrogen-bond donors (Lipinski definition) is 2. The minimum Gasteiger partial charge on any atom is -0.328 e. The Labute approximate surface area is 95.9 Å². The normalized spacial score (nSPS) is 26.0. The molecule has 2 nitrogen and oxygen atoms in total. The lowest BCUT2D eigenvalue weighted by Gasteiger charge is -2.09. The highest BCUT2D eigenvalue weighted by Gasteiger charge is 2.20. The van der Waals surface area contributed by atoms with Crippen molar-refractivity contribution >= 4 is 11.3 Å². The molecule has 0 radical (unpaired) electrons. The molecule has 0 amide bonds. The van der Waals surface area contributed by atoms with Crippen LogP contribution in [0.25, 0.3) is 0 Å². The maximum Gasteiger partial charge on any atom is 0.0299 e. The van der Waals surface area contributed by atoms with Crippen LogP contribution < -0.4 is 11.1 Å². The molecule has 2 atom stereocenters. The Morgan fingerprint density at radius 2 is 2.33 bits per heavy atom. The van der Waals surface area contributed by atoms with E-state index in [1.54, 1.807) is 0 Å². The van der Waals surface area contributed by atoms with E-state index < -0.39 is 0 Å². The van der Waals surface area contributed by atoms with Crippen molar-refractivity contribution in [2.45, 2.75) is 38.8 Å². The highest BCUT2D eigenvalue weighted by molar-refractivity contribution is 7.11. The van der Waals surface area contributed by atoms with E-state index >= 15 is 0 Å². The third-order valence-corrected chi connectivity index (χ3v) is 4.11. The van der Waals surface area contributed by atoms with Crippen molar-refractivity contribution in [2.75, 3.05) is 6.54 Å². The molecule has 1 aromatic heterocycles. The summed E-state index contributed by atoms with van der Waals surface area (Å²) in [6.45, 7) is 4.30. The van der Waals surface area contributed by atoms with Gasteiger partial charge in [0.2, 0.25) is 0 Å². The van der Waals surface area contributed by atoms with Gasteiger partial charge in [0.25, 0.3) is 0 Å². The fourth-order valence-corrected chi connectivity index (χ4v) is 3.14. The van der Waals surface area contributed by atoms with Crippen molar-refractivity contribution in [2.24, 2.45) is 11.7 Å². The highest BCUT2D eigenvalue weighted by Crippen LogP contribution is 2.23. The van der Waals surface area contributed by atoms with Crippen LogP contribution in [0.15, 0.2) is 12.1 Å². The van der Waals surface area contributed by atoms with Crippen LogP contribution in [0, 0.1) is 12.8 Å². The topological polar surface area (TPSA) is 38.0 Å². The van der Waals surface area contributed by atoms with Gasteiger partial charge in [-0.25, -0.2) is 0 Å². The first kappa shape index (κ1) is 11.1. The van der Waals surface area contributed by atoms with Gasteiger partial charge in [0.15, 0.2) is 0 Å². The standard InChI is InChI=1S/C12H20N2S/c1-9-2-5-12(15-9)8-14-7-10-3-4-11(13)6-10/h2,5,10-11,14H,3-4,6-8,13H2,1H3. The summed E-state index contributed by atoms with van der Waals surface area (Å²) in [7, 11) is 0. The van der Waals surface area contributed by atoms with Gasteiger partial charge in [0.1, 0.15) is 0 Å². The summed E-state index contributed by atoms with van der Waals surface area (Å²) < 4.78 is 0. The molecule has 0 saturated heterocycles. The molecule has 1 fully saturated rings. The Bertz CT molecular complexity index is 308. The van der Waals surface area contributed by atoms with Gasteiger partial charge < -0.3 is 11.1 Å². The van der Waals surface area contributed by atoms with Gasteiger partial charge in [0, 0.05) is 22.3 Å². The first-order chi connectivity index (χ1) is 7.24. The van der Waals surface area contributed by atoms with Crippen LogP contribution in [0.1, 0.15) is 29.0 Å². The van der Waals surface area contributed by atoms with Gasteiger partial charge in [0.05, 0.1) is 0 Å². The monoisotopic (exact) mass is 224 g/mol. The van der Waals surface area contributed by atoms with Crippen molar-refractivity contribution in [3.8, 4) is 0 Å². The molecule has 0 spiro atoms. The van der Waals surface area contributed by atoms with Gasteiger partial charge in [-0.15, -0.1) is 11.3 Å². The zero-order chi connectivity index (χ0) is 10.7. The zero-order valence-electron chi connectivity index (χ0n) is 9.33. The molecular formula is C12H20N2S. The summed E-state index contributed by atoms with van der Waals surface area (Å²) in [6.07, 6.45) is 3.72. The van der Waals surface area contributed by atoms with Crippen molar-refractivity contribution in [3.05, 3.63) is 21.9 Å². The molecule has 1 aliphatic rings. The lowest BCUT2D eigenvalue weighted by Crippen LogP contribution is -2.22. The van der Waals surface area contributed by atoms with E-state index in [1.165, 1.54) is 29.0 Å². The molecular weight excluding hydrogens is 204 g/mol. The predicted octanol–water partition coefficient (Wildman–Crippen LogP) is 2.27. The Kier molecular flexibility index (Phi) is 3.78. The van der Waals surface area contributed by atoms with Crippen LogP contribution in [0.3, 0.4) is 0 Å². The van der Waals surface area contributed by atoms with Crippen molar-refractivity contribution in [1.29, 1.82) is 0 Å². The molecule has 0 bridgehead atoms. The number of rotatable bonds is 4. The van der Waals surface area contributed by atoms with Crippen LogP contribution in [0.5, 0.6) is 0 Å². The lowest BCUT2D eigenvalue weighted by molar-refractivity contribution is 0.484. The van der Waals surface area contributed by atoms with Gasteiger partial charge >= 0.3 is 0 Å². The van der Waals surface area contributed by atoms with Crippen LogP contribution in [0.2, 0.25) is 0 Å². The first-order valence-electron chi connectivity index (χ1n) is 5.75. The summed E-state index contributed by atoms with van der Waals surface area (Å²) >= 11 is 1.88. The summed E-state index contributed by atoms with van der Waals surface area (Å²) in [5, 5.41) is 3.53. The molecule has 2 unspecified atom stereocenters. The molecule has 3 N–H and O–H groups in total. The molecule has 1 aliphatic carbocycles. The number of aryl methyl sites for hydroxylation is 1. The minimum atomic E-state index is 0.459. The van der Waals surface area contributed by atoms with E-state index in [9.17, 15) is 0 Å². The van der Waals surface area contributed by atoms with E-state index in [0.29, 0.717) is 6.04 Å². The van der Waals surface area contributed by atoms with E-state index in [1.807, 2.05) is 11.3 Å². The molecule has 1 saturated carbocycles. The maximum atomic E-state index is 5.89. The zero-order valence-corrected chi connectivity index (χ0v) is 10.1. The fourth-order valence-electron chi connectivity index (χ4n) is 2.28. The van der Waals surface area contributed by atoms with Crippen LogP contribution in [0.4, 0.5) is 0 Å². The third kappa shape index (κ3) is 3.30. The molecule has 2 rings (SSSR count). The second kappa shape index (κ2) is 5.10. The van der Waals surface area contributed by atoms with Crippen molar-refractivity contribution in [3.63, 3.8) is 0 Å². The first-order valence-corrected chi connectivity index (χ1v) is 6.57. The number of thiophene rings is 1. The van der Waals surface area contributed by atoms with E-state index in [-0.39, 0.29) is 0 Å². The number of hydrogen-bond acceptors (Lipinski definition) is 3. The second-order valence-electron chi connectivity index (χ2n) is 4.58. The molecule has 15 heavy (non-hydrogen) atoms. The van der Waals surface area contributed by atoms with Crippen molar-refractivity contribution < 1.29 is 0 Å². The van der Waals surface area contributed by atoms with Crippen molar-refractivity contribution in [1.82, 2.24) is 5.32 Å². The largest absolute Gasteiger partial charge is 0.328 e. The van der Waals surface area contributed by atoms with E-state index in [4.69, 9.17) is 5.73 Å². The van der Waals surface area contributed by atoms with Crippen LogP contribution >= 0.6 is 11.3 Å². The molecule has 0 aliphatic heterocycles. The van der Waals surface area contributed by atoms with Crippen LogP contribution in [-0.2, 0) is 6.54 Å². The summed E-state index contributed by atoms with van der Waals surface area (Å²) in [4.78, 5) is 2.84. The molecule has 84 valence electrons. The highest BCUT2D eigenvalue weighted by atomic mass is 32.1. The SMILES string of the molecule is Cc1ccc(CNCC2CCC(N)C2)s1. The predicted molar refractivity (Wildman–Crippen MR) is 66.1 cm³/mol. The van der Waals surface area contributed by atoms with Gasteiger partial charge in [-0.3, -0.25) is 0 Å². The van der Waals surface area contributed by atoms with E-state index in [2.05, 4.69) is 24.4 Å². The molecule has 1 aromatic rings. The Morgan fingerprint density at radius 3 is 2.93 bits per heavy atom. The summed E-state index contributed by atoms with van der Waals surface area (Å²) in [6, 6.07) is 4.86. The summed E-state index contributed by atoms with van der Waals surface area (Å²) in [5.74, 6) is 0.807. The average molecular weight is 224 g/mol. The van der Waals surface area contributed by atoms with E-state index in [0.717, 1.165) is 19.0 Å². The Balaban J connectivity index is 1.67. The third-order valence-electron chi connectivity index (χ3n) is 3.11.